The highest BCUT2D eigenvalue weighted by molar-refractivity contribution is 7.90. The van der Waals surface area contributed by atoms with Crippen LogP contribution in [-0.2, 0) is 21.2 Å². The lowest BCUT2D eigenvalue weighted by atomic mass is 9.94. The van der Waals surface area contributed by atoms with Crippen LogP contribution in [0.1, 0.15) is 41.6 Å². The van der Waals surface area contributed by atoms with Gasteiger partial charge in [-0.25, -0.2) is 17.2 Å². The Kier molecular flexibility index (Phi) is 6.42. The molecule has 2 aromatic carbocycles. The maximum Gasteiger partial charge on any atom is 0.255 e. The summed E-state index contributed by atoms with van der Waals surface area (Å²) in [6.07, 6.45) is 1.12. The Balaban J connectivity index is 1.58. The van der Waals surface area contributed by atoms with Crippen LogP contribution in [0.5, 0.6) is 5.75 Å². The van der Waals surface area contributed by atoms with Gasteiger partial charge in [-0.15, -0.1) is 0 Å². The van der Waals surface area contributed by atoms with E-state index in [2.05, 4.69) is 5.32 Å². The van der Waals surface area contributed by atoms with E-state index in [4.69, 9.17) is 4.74 Å². The monoisotopic (exact) mass is 439 g/mol. The van der Waals surface area contributed by atoms with E-state index in [1.807, 2.05) is 0 Å². The Bertz CT molecular complexity index is 1010. The molecule has 0 atom stereocenters. The number of nitrogens with one attached hydrogen (secondary N) is 1. The molecule has 2 aromatic rings. The first-order valence-corrected chi connectivity index (χ1v) is 11.4. The SMILES string of the molecule is CS(=O)(=O)c1cc(NC(=O)c2ccc(COC3CCC(F)(F)CC3)cc2)ccc1O. The number of amides is 1. The van der Waals surface area contributed by atoms with Gasteiger partial charge in [0.25, 0.3) is 5.91 Å². The highest BCUT2D eigenvalue weighted by Crippen LogP contribution is 2.34. The molecule has 1 amide bonds. The summed E-state index contributed by atoms with van der Waals surface area (Å²) in [5.74, 6) is -3.42. The van der Waals surface area contributed by atoms with Gasteiger partial charge in [0, 0.05) is 30.3 Å². The zero-order valence-electron chi connectivity index (χ0n) is 16.4. The van der Waals surface area contributed by atoms with Crippen LogP contribution in [0.4, 0.5) is 14.5 Å². The van der Waals surface area contributed by atoms with Gasteiger partial charge in [0.1, 0.15) is 10.6 Å². The molecule has 2 N–H and O–H groups in total. The summed E-state index contributed by atoms with van der Waals surface area (Å²) in [6, 6.07) is 10.4. The molecule has 6 nitrogen and oxygen atoms in total. The predicted octanol–water partition coefficient (Wildman–Crippen LogP) is 4.14. The Morgan fingerprint density at radius 2 is 1.80 bits per heavy atom. The fourth-order valence-electron chi connectivity index (χ4n) is 3.24. The number of aromatic hydroxyl groups is 1. The Morgan fingerprint density at radius 3 is 2.40 bits per heavy atom. The number of halogens is 2. The van der Waals surface area contributed by atoms with Crippen LogP contribution < -0.4 is 5.32 Å². The lowest BCUT2D eigenvalue weighted by Gasteiger charge is -2.28. The predicted molar refractivity (Wildman–Crippen MR) is 108 cm³/mol. The van der Waals surface area contributed by atoms with E-state index in [1.54, 1.807) is 24.3 Å². The number of benzene rings is 2. The average molecular weight is 439 g/mol. The smallest absolute Gasteiger partial charge is 0.255 e. The maximum absolute atomic E-state index is 13.2. The number of phenols is 1. The summed E-state index contributed by atoms with van der Waals surface area (Å²) in [6.45, 7) is 0.272. The molecule has 0 spiro atoms. The number of hydrogen-bond donors (Lipinski definition) is 2. The lowest BCUT2D eigenvalue weighted by Crippen LogP contribution is -2.28. The minimum atomic E-state index is -3.64. The minimum absolute atomic E-state index is 0.158. The molecule has 9 heteroatoms. The van der Waals surface area contributed by atoms with E-state index in [1.165, 1.54) is 18.2 Å². The molecule has 0 heterocycles. The number of anilines is 1. The average Bonchev–Trinajstić information content (AvgIpc) is 2.68. The van der Waals surface area contributed by atoms with Gasteiger partial charge in [0.15, 0.2) is 9.84 Å². The minimum Gasteiger partial charge on any atom is -0.507 e. The highest BCUT2D eigenvalue weighted by Gasteiger charge is 2.35. The molecule has 0 bridgehead atoms. The molecule has 0 aromatic heterocycles. The molecule has 1 fully saturated rings. The second kappa shape index (κ2) is 8.69. The van der Waals surface area contributed by atoms with Gasteiger partial charge in [-0.2, -0.15) is 0 Å². The van der Waals surface area contributed by atoms with Gasteiger partial charge in [-0.05, 0) is 48.7 Å². The van der Waals surface area contributed by atoms with Gasteiger partial charge in [0.05, 0.1) is 12.7 Å². The molecule has 0 aliphatic heterocycles. The fourth-order valence-corrected chi connectivity index (χ4v) is 4.03. The molecule has 0 radical (unpaired) electrons. The van der Waals surface area contributed by atoms with Crippen molar-refractivity contribution in [3.05, 3.63) is 53.6 Å². The Hall–Kier alpha value is -2.52. The zero-order valence-corrected chi connectivity index (χ0v) is 17.2. The van der Waals surface area contributed by atoms with Crippen LogP contribution in [0.25, 0.3) is 0 Å². The van der Waals surface area contributed by atoms with Gasteiger partial charge in [0.2, 0.25) is 5.92 Å². The first kappa shape index (κ1) is 22.2. The van der Waals surface area contributed by atoms with Gasteiger partial charge >= 0.3 is 0 Å². The van der Waals surface area contributed by atoms with Crippen molar-refractivity contribution in [3.63, 3.8) is 0 Å². The van der Waals surface area contributed by atoms with Crippen molar-refractivity contribution in [3.8, 4) is 5.75 Å². The Labute approximate surface area is 173 Å². The number of carbonyl (C=O) groups is 1. The van der Waals surface area contributed by atoms with E-state index >= 15 is 0 Å². The van der Waals surface area contributed by atoms with Crippen LogP contribution in [0, 0.1) is 0 Å². The summed E-state index contributed by atoms with van der Waals surface area (Å²) in [4.78, 5) is 12.1. The summed E-state index contributed by atoms with van der Waals surface area (Å²) in [5, 5.41) is 12.3. The third-order valence-electron chi connectivity index (χ3n) is 4.98. The van der Waals surface area contributed by atoms with E-state index in [0.29, 0.717) is 18.4 Å². The molecule has 0 unspecified atom stereocenters. The van der Waals surface area contributed by atoms with Crippen LogP contribution in [-0.4, -0.2) is 37.7 Å². The summed E-state index contributed by atoms with van der Waals surface area (Å²) in [7, 11) is -3.64. The topological polar surface area (TPSA) is 92.7 Å². The first-order valence-electron chi connectivity index (χ1n) is 9.46. The van der Waals surface area contributed by atoms with Gasteiger partial charge in [-0.3, -0.25) is 4.79 Å². The Morgan fingerprint density at radius 1 is 1.17 bits per heavy atom. The van der Waals surface area contributed by atoms with E-state index < -0.39 is 21.7 Å². The normalized spacial score (nSPS) is 16.9. The number of hydrogen-bond acceptors (Lipinski definition) is 5. The number of phenolic OH excluding ortho intramolecular Hbond substituents is 1. The zero-order chi connectivity index (χ0) is 21.9. The van der Waals surface area contributed by atoms with Crippen molar-refractivity contribution in [2.45, 2.75) is 49.2 Å². The molecule has 1 saturated carbocycles. The molecule has 3 rings (SSSR count). The maximum atomic E-state index is 13.2. The largest absolute Gasteiger partial charge is 0.507 e. The second-order valence-electron chi connectivity index (χ2n) is 7.47. The molecule has 0 saturated heterocycles. The van der Waals surface area contributed by atoms with Crippen molar-refractivity contribution >= 4 is 21.4 Å². The molecular formula is C21H23F2NO5S. The number of sulfone groups is 1. The van der Waals surface area contributed by atoms with Gasteiger partial charge in [-0.1, -0.05) is 12.1 Å². The highest BCUT2D eigenvalue weighted by atomic mass is 32.2. The van der Waals surface area contributed by atoms with Crippen molar-refractivity contribution < 1.29 is 31.8 Å². The number of carbonyl (C=O) groups excluding carboxylic acids is 1. The summed E-state index contributed by atoms with van der Waals surface area (Å²) in [5.41, 5.74) is 1.40. The molecule has 1 aliphatic carbocycles. The van der Waals surface area contributed by atoms with E-state index in [9.17, 15) is 27.1 Å². The van der Waals surface area contributed by atoms with Crippen LogP contribution in [0.15, 0.2) is 47.4 Å². The molecule has 1 aliphatic rings. The van der Waals surface area contributed by atoms with E-state index in [0.717, 1.165) is 11.8 Å². The quantitative estimate of drug-likeness (QED) is 0.660. The first-order chi connectivity index (χ1) is 14.0. The van der Waals surface area contributed by atoms with Gasteiger partial charge < -0.3 is 15.2 Å². The van der Waals surface area contributed by atoms with Crippen molar-refractivity contribution in [1.29, 1.82) is 0 Å². The van der Waals surface area contributed by atoms with Crippen LogP contribution in [0.3, 0.4) is 0 Å². The van der Waals surface area contributed by atoms with E-state index in [-0.39, 0.29) is 41.9 Å². The molecule has 162 valence electrons. The lowest BCUT2D eigenvalue weighted by molar-refractivity contribution is -0.0839. The summed E-state index contributed by atoms with van der Waals surface area (Å²) >= 11 is 0. The third kappa shape index (κ3) is 5.76. The fraction of sp³-hybridized carbons (Fsp3) is 0.381. The molecule has 30 heavy (non-hydrogen) atoms. The molecular weight excluding hydrogens is 416 g/mol. The van der Waals surface area contributed by atoms with Crippen molar-refractivity contribution in [2.24, 2.45) is 0 Å². The number of rotatable bonds is 6. The second-order valence-corrected chi connectivity index (χ2v) is 9.46. The number of alkyl halides is 2. The van der Waals surface area contributed by atoms with Crippen LogP contribution >= 0.6 is 0 Å². The van der Waals surface area contributed by atoms with Crippen LogP contribution in [0.2, 0.25) is 0 Å². The standard InChI is InChI=1S/C21H23F2NO5S/c1-30(27,28)19-12-16(6-7-18(19)25)24-20(26)15-4-2-14(3-5-15)13-29-17-8-10-21(22,23)11-9-17/h2-7,12,17,25H,8-11,13H2,1H3,(H,24,26). The van der Waals surface area contributed by atoms with Crippen molar-refractivity contribution in [2.75, 3.05) is 11.6 Å². The summed E-state index contributed by atoms with van der Waals surface area (Å²) < 4.78 is 55.4. The number of ether oxygens (including phenoxy) is 1. The third-order valence-corrected chi connectivity index (χ3v) is 6.11. The van der Waals surface area contributed by atoms with Crippen molar-refractivity contribution in [1.82, 2.24) is 0 Å².